The molecule has 5 heterocycles. The zero-order chi connectivity index (χ0) is 25.4. The first-order chi connectivity index (χ1) is 17.9. The van der Waals surface area contributed by atoms with Gasteiger partial charge in [0.15, 0.2) is 0 Å². The zero-order valence-corrected chi connectivity index (χ0v) is 20.9. The maximum atomic E-state index is 13.6. The minimum Gasteiger partial charge on any atom is -0.374 e. The first-order valence-corrected chi connectivity index (χ1v) is 13.2. The summed E-state index contributed by atoms with van der Waals surface area (Å²) in [5.41, 5.74) is 3.59. The summed E-state index contributed by atoms with van der Waals surface area (Å²) in [7, 11) is 0. The number of piperidine rings is 1. The summed E-state index contributed by atoms with van der Waals surface area (Å²) in [6, 6.07) is 7.72. The van der Waals surface area contributed by atoms with Crippen molar-refractivity contribution >= 4 is 22.6 Å². The van der Waals surface area contributed by atoms with Gasteiger partial charge in [-0.25, -0.2) is 18.7 Å². The van der Waals surface area contributed by atoms with Crippen molar-refractivity contribution in [2.45, 2.75) is 63.1 Å². The molecular weight excluding hydrogens is 476 g/mol. The molecule has 0 unspecified atom stereocenters. The van der Waals surface area contributed by atoms with Crippen LogP contribution in [0.2, 0.25) is 0 Å². The molecule has 37 heavy (non-hydrogen) atoms. The highest BCUT2D eigenvalue weighted by molar-refractivity contribution is 6.01. The number of rotatable bonds is 4. The lowest BCUT2D eigenvalue weighted by atomic mass is 9.84. The standard InChI is InChI=1S/C28H31F2N5O2/c1-17-10-20-19-4-2-3-5-21(19)33-24(20)25(35(17)14-23(29)30)18-12-31-26(32-13-18)34-8-6-28(7-9-34)15-27(16-37-28)11-22(27)36/h2-5,12-13,17,23,25,33H,6-11,14-16H2,1H3/t17-,25-,27-/m1/s1. The van der Waals surface area contributed by atoms with Crippen LogP contribution >= 0.6 is 0 Å². The summed E-state index contributed by atoms with van der Waals surface area (Å²) in [4.78, 5) is 28.8. The van der Waals surface area contributed by atoms with Gasteiger partial charge in [0.05, 0.1) is 30.2 Å². The fraction of sp³-hybridized carbons (Fsp3) is 0.536. The number of nitrogens with zero attached hydrogens (tertiary/aromatic N) is 4. The fourth-order valence-corrected chi connectivity index (χ4v) is 6.95. The molecule has 3 aromatic rings. The second kappa shape index (κ2) is 8.30. The molecule has 4 aliphatic rings. The van der Waals surface area contributed by atoms with Crippen LogP contribution in [0.1, 0.15) is 55.5 Å². The number of H-pyrrole nitrogens is 1. The number of ether oxygens (including phenoxy) is 1. The average Bonchev–Trinajstić information content (AvgIpc) is 3.19. The number of carbonyl (C=O) groups excluding carboxylic acids is 1. The normalized spacial score (nSPS) is 29.1. The van der Waals surface area contributed by atoms with Gasteiger partial charge < -0.3 is 14.6 Å². The Bertz CT molecular complexity index is 1350. The van der Waals surface area contributed by atoms with E-state index in [2.05, 4.69) is 16.0 Å². The first-order valence-electron chi connectivity index (χ1n) is 13.2. The van der Waals surface area contributed by atoms with Crippen molar-refractivity contribution in [1.29, 1.82) is 0 Å². The molecule has 1 N–H and O–H groups in total. The molecule has 2 aromatic heterocycles. The van der Waals surface area contributed by atoms with Gasteiger partial charge >= 0.3 is 0 Å². The van der Waals surface area contributed by atoms with E-state index in [1.165, 1.54) is 5.56 Å². The molecule has 3 fully saturated rings. The quantitative estimate of drug-likeness (QED) is 0.568. The van der Waals surface area contributed by atoms with E-state index in [4.69, 9.17) is 14.7 Å². The molecule has 3 atom stereocenters. The third-order valence-corrected chi connectivity index (χ3v) is 9.08. The molecule has 0 amide bonds. The van der Waals surface area contributed by atoms with E-state index in [0.717, 1.165) is 54.5 Å². The smallest absolute Gasteiger partial charge is 0.251 e. The van der Waals surface area contributed by atoms with Gasteiger partial charge in [0.25, 0.3) is 6.43 Å². The minimum atomic E-state index is -2.43. The number of hydrogen-bond donors (Lipinski definition) is 1. The number of nitrogens with one attached hydrogen (secondary N) is 1. The molecule has 194 valence electrons. The number of carbonyl (C=O) groups is 1. The second-order valence-electron chi connectivity index (χ2n) is 11.4. The van der Waals surface area contributed by atoms with Crippen LogP contribution in [0.15, 0.2) is 36.7 Å². The van der Waals surface area contributed by atoms with E-state index in [1.54, 1.807) is 12.4 Å². The number of halogens is 2. The lowest BCUT2D eigenvalue weighted by Gasteiger charge is -2.41. The number of benzene rings is 1. The number of aromatic amines is 1. The topological polar surface area (TPSA) is 74.4 Å². The average molecular weight is 508 g/mol. The number of ketones is 1. The van der Waals surface area contributed by atoms with Gasteiger partial charge in [0, 0.05) is 60.1 Å². The third-order valence-electron chi connectivity index (χ3n) is 9.08. The number of para-hydroxylation sites is 1. The Labute approximate surface area is 214 Å². The highest BCUT2D eigenvalue weighted by Gasteiger charge is 2.63. The molecule has 1 aliphatic carbocycles. The van der Waals surface area contributed by atoms with Gasteiger partial charge in [-0.15, -0.1) is 0 Å². The van der Waals surface area contributed by atoms with E-state index in [9.17, 15) is 13.6 Å². The van der Waals surface area contributed by atoms with Gasteiger partial charge in [-0.3, -0.25) is 9.69 Å². The van der Waals surface area contributed by atoms with Crippen LogP contribution in [-0.4, -0.2) is 69.9 Å². The van der Waals surface area contributed by atoms with Crippen LogP contribution in [0.3, 0.4) is 0 Å². The number of anilines is 1. The molecule has 1 aromatic carbocycles. The molecule has 0 bridgehead atoms. The fourth-order valence-electron chi connectivity index (χ4n) is 6.95. The maximum Gasteiger partial charge on any atom is 0.251 e. The van der Waals surface area contributed by atoms with Crippen LogP contribution in [0.4, 0.5) is 14.7 Å². The summed E-state index contributed by atoms with van der Waals surface area (Å²) >= 11 is 0. The van der Waals surface area contributed by atoms with Crippen molar-refractivity contribution in [3.05, 3.63) is 53.5 Å². The predicted molar refractivity (Wildman–Crippen MR) is 135 cm³/mol. The molecule has 1 saturated carbocycles. The predicted octanol–water partition coefficient (Wildman–Crippen LogP) is 4.28. The van der Waals surface area contributed by atoms with Gasteiger partial charge in [-0.1, -0.05) is 18.2 Å². The lowest BCUT2D eigenvalue weighted by molar-refractivity contribution is -0.112. The number of hydrogen-bond acceptors (Lipinski definition) is 6. The van der Waals surface area contributed by atoms with Crippen molar-refractivity contribution in [2.24, 2.45) is 5.41 Å². The summed E-state index contributed by atoms with van der Waals surface area (Å²) in [5, 5.41) is 1.15. The molecule has 7 nitrogen and oxygen atoms in total. The molecule has 2 saturated heterocycles. The van der Waals surface area contributed by atoms with E-state index in [0.29, 0.717) is 31.2 Å². The van der Waals surface area contributed by atoms with Crippen molar-refractivity contribution in [2.75, 3.05) is 31.1 Å². The van der Waals surface area contributed by atoms with Crippen LogP contribution in [-0.2, 0) is 16.0 Å². The summed E-state index contributed by atoms with van der Waals surface area (Å²) in [6.07, 6.45) is 5.11. The van der Waals surface area contributed by atoms with Crippen molar-refractivity contribution in [3.63, 3.8) is 0 Å². The maximum absolute atomic E-state index is 13.6. The Hall–Kier alpha value is -2.91. The Morgan fingerprint density at radius 3 is 2.59 bits per heavy atom. The Balaban J connectivity index is 1.15. The highest BCUT2D eigenvalue weighted by atomic mass is 19.3. The summed E-state index contributed by atoms with van der Waals surface area (Å²) in [5.74, 6) is 0.997. The van der Waals surface area contributed by atoms with Crippen molar-refractivity contribution < 1.29 is 18.3 Å². The summed E-state index contributed by atoms with van der Waals surface area (Å²) < 4.78 is 33.5. The van der Waals surface area contributed by atoms with Crippen molar-refractivity contribution in [1.82, 2.24) is 19.9 Å². The lowest BCUT2D eigenvalue weighted by Crippen LogP contribution is -2.45. The van der Waals surface area contributed by atoms with Crippen LogP contribution in [0, 0.1) is 5.41 Å². The third kappa shape index (κ3) is 3.77. The number of aromatic nitrogens is 3. The molecule has 0 radical (unpaired) electrons. The SMILES string of the molecule is C[C@@H]1Cc2c([nH]c3ccccc23)[C@@H](c2cnc(N3CCC4(CC3)C[C@@]3(CO4)CC3=O)nc2)N1CC(F)F. The Morgan fingerprint density at radius 1 is 1.19 bits per heavy atom. The van der Waals surface area contributed by atoms with E-state index >= 15 is 0 Å². The minimum absolute atomic E-state index is 0.0447. The first kappa shape index (κ1) is 23.2. The molecule has 9 heteroatoms. The van der Waals surface area contributed by atoms with Gasteiger partial charge in [-0.05, 0) is 44.2 Å². The Kier molecular flexibility index (Phi) is 5.21. The molecule has 2 spiro atoms. The van der Waals surface area contributed by atoms with E-state index in [-0.39, 0.29) is 29.6 Å². The zero-order valence-electron chi connectivity index (χ0n) is 20.9. The van der Waals surface area contributed by atoms with Crippen molar-refractivity contribution in [3.8, 4) is 0 Å². The van der Waals surface area contributed by atoms with Crippen LogP contribution < -0.4 is 4.90 Å². The number of Topliss-reactive ketones (excluding diaryl/α,β-unsaturated/α-hetero) is 1. The van der Waals surface area contributed by atoms with Gasteiger partial charge in [0.1, 0.15) is 5.78 Å². The van der Waals surface area contributed by atoms with Crippen LogP contribution in [0.5, 0.6) is 0 Å². The summed E-state index contributed by atoms with van der Waals surface area (Å²) in [6.45, 7) is 3.83. The largest absolute Gasteiger partial charge is 0.374 e. The van der Waals surface area contributed by atoms with E-state index in [1.807, 2.05) is 30.0 Å². The van der Waals surface area contributed by atoms with Gasteiger partial charge in [0.2, 0.25) is 5.95 Å². The molecule has 3 aliphatic heterocycles. The van der Waals surface area contributed by atoms with Crippen LogP contribution in [0.25, 0.3) is 10.9 Å². The Morgan fingerprint density at radius 2 is 1.92 bits per heavy atom. The number of fused-ring (bicyclic) bond motifs is 3. The van der Waals surface area contributed by atoms with Gasteiger partial charge in [-0.2, -0.15) is 0 Å². The second-order valence-corrected chi connectivity index (χ2v) is 11.4. The molecular formula is C28H31F2N5O2. The molecule has 7 rings (SSSR count). The number of alkyl halides is 2. The van der Waals surface area contributed by atoms with E-state index < -0.39 is 6.43 Å². The highest BCUT2D eigenvalue weighted by Crippen LogP contribution is 2.56. The monoisotopic (exact) mass is 507 g/mol.